The number of nitrogens with zero attached hydrogens (tertiary/aromatic N) is 3. The van der Waals surface area contributed by atoms with Crippen molar-refractivity contribution in [2.45, 2.75) is 25.7 Å². The molecule has 0 spiro atoms. The Labute approximate surface area is 181 Å². The Morgan fingerprint density at radius 1 is 1.10 bits per heavy atom. The van der Waals surface area contributed by atoms with Gasteiger partial charge in [-0.25, -0.2) is 9.78 Å². The molecule has 31 heavy (non-hydrogen) atoms. The number of halogens is 3. The zero-order valence-electron chi connectivity index (χ0n) is 16.6. The molecule has 5 rings (SSSR count). The van der Waals surface area contributed by atoms with E-state index in [1.54, 1.807) is 0 Å². The molecule has 1 aromatic carbocycles. The van der Waals surface area contributed by atoms with Crippen molar-refractivity contribution in [1.82, 2.24) is 14.5 Å². The molecule has 2 aliphatic rings. The van der Waals surface area contributed by atoms with E-state index in [-0.39, 0.29) is 0 Å². The highest BCUT2D eigenvalue weighted by atomic mass is 32.1. The fraction of sp³-hybridized carbons (Fsp3) is 0.364. The first-order valence-electron chi connectivity index (χ1n) is 9.96. The summed E-state index contributed by atoms with van der Waals surface area (Å²) in [6, 6.07) is 15.1. The maximum Gasteiger partial charge on any atom is 0.490 e. The summed E-state index contributed by atoms with van der Waals surface area (Å²) in [7, 11) is 0. The highest BCUT2D eigenvalue weighted by molar-refractivity contribution is 7.09. The van der Waals surface area contributed by atoms with Gasteiger partial charge in [-0.1, -0.05) is 36.4 Å². The SMILES string of the molecule is O=C(O)C(F)(F)F.c1ccc(-c2cnc3n2CC2CN(Cc4cccs4)CC2C3)cc1. The van der Waals surface area contributed by atoms with Crippen LogP contribution >= 0.6 is 11.3 Å². The van der Waals surface area contributed by atoms with Crippen molar-refractivity contribution in [2.24, 2.45) is 11.8 Å². The minimum atomic E-state index is -5.08. The van der Waals surface area contributed by atoms with Crippen LogP contribution in [0.3, 0.4) is 0 Å². The van der Waals surface area contributed by atoms with Gasteiger partial charge >= 0.3 is 12.1 Å². The molecule has 3 aromatic rings. The van der Waals surface area contributed by atoms with E-state index in [0.29, 0.717) is 0 Å². The zero-order chi connectivity index (χ0) is 22.0. The number of fused-ring (bicyclic) bond motifs is 2. The molecule has 0 bridgehead atoms. The van der Waals surface area contributed by atoms with E-state index in [9.17, 15) is 13.2 Å². The lowest BCUT2D eigenvalue weighted by Gasteiger charge is -2.27. The molecule has 0 saturated carbocycles. The van der Waals surface area contributed by atoms with Gasteiger partial charge in [-0.05, 0) is 28.8 Å². The van der Waals surface area contributed by atoms with Gasteiger partial charge in [-0.2, -0.15) is 13.2 Å². The van der Waals surface area contributed by atoms with Crippen LogP contribution in [0.1, 0.15) is 10.7 Å². The first-order chi connectivity index (χ1) is 14.8. The lowest BCUT2D eigenvalue weighted by atomic mass is 9.89. The Balaban J connectivity index is 0.000000289. The molecule has 164 valence electrons. The van der Waals surface area contributed by atoms with Crippen molar-refractivity contribution in [3.8, 4) is 11.3 Å². The molecule has 2 aromatic heterocycles. The third-order valence-electron chi connectivity index (χ3n) is 5.72. The Morgan fingerprint density at radius 3 is 2.45 bits per heavy atom. The second kappa shape index (κ2) is 8.84. The van der Waals surface area contributed by atoms with Crippen LogP contribution in [0.2, 0.25) is 0 Å². The summed E-state index contributed by atoms with van der Waals surface area (Å²) in [5.74, 6) is 0.0400. The standard InChI is InChI=1S/C20H21N3S.C2HF3O2/c1-2-5-15(6-3-1)19-10-21-20-9-16-11-22(12-17(16)13-23(19)20)14-18-7-4-8-24-18;3-2(4,5)1(6)7/h1-8,10,16-17H,9,11-14H2;(H,6,7). The van der Waals surface area contributed by atoms with Crippen LogP contribution in [0.4, 0.5) is 13.2 Å². The fourth-order valence-electron chi connectivity index (χ4n) is 4.32. The number of aromatic nitrogens is 2. The number of imidazole rings is 1. The van der Waals surface area contributed by atoms with E-state index in [0.717, 1.165) is 31.3 Å². The molecular formula is C22H22F3N3O2S. The van der Waals surface area contributed by atoms with Crippen LogP contribution in [-0.2, 0) is 24.3 Å². The van der Waals surface area contributed by atoms with E-state index >= 15 is 0 Å². The van der Waals surface area contributed by atoms with E-state index in [1.807, 2.05) is 11.3 Å². The normalized spacial score (nSPS) is 20.5. The summed E-state index contributed by atoms with van der Waals surface area (Å²) in [5, 5.41) is 9.31. The van der Waals surface area contributed by atoms with Gasteiger partial charge < -0.3 is 9.67 Å². The summed E-state index contributed by atoms with van der Waals surface area (Å²) in [6.07, 6.45) is -1.90. The third-order valence-corrected chi connectivity index (χ3v) is 6.58. The minimum absolute atomic E-state index is 0.758. The number of benzene rings is 1. The molecule has 1 saturated heterocycles. The highest BCUT2D eigenvalue weighted by Crippen LogP contribution is 2.36. The molecule has 2 aliphatic heterocycles. The minimum Gasteiger partial charge on any atom is -0.475 e. The summed E-state index contributed by atoms with van der Waals surface area (Å²) in [5.41, 5.74) is 2.56. The second-order valence-electron chi connectivity index (χ2n) is 7.84. The van der Waals surface area contributed by atoms with E-state index < -0.39 is 12.1 Å². The van der Waals surface area contributed by atoms with Crippen LogP contribution in [0, 0.1) is 11.8 Å². The Kier molecular flexibility index (Phi) is 6.15. The molecule has 0 amide bonds. The molecule has 5 nitrogen and oxygen atoms in total. The smallest absolute Gasteiger partial charge is 0.475 e. The molecule has 9 heteroatoms. The number of carboxylic acids is 1. The number of alkyl halides is 3. The summed E-state index contributed by atoms with van der Waals surface area (Å²) < 4.78 is 34.2. The van der Waals surface area contributed by atoms with Gasteiger partial charge in [0.25, 0.3) is 0 Å². The topological polar surface area (TPSA) is 58.4 Å². The first kappa shape index (κ1) is 21.6. The molecule has 0 aliphatic carbocycles. The predicted molar refractivity (Wildman–Crippen MR) is 112 cm³/mol. The average molecular weight is 449 g/mol. The molecule has 2 unspecified atom stereocenters. The summed E-state index contributed by atoms with van der Waals surface area (Å²) in [4.78, 5) is 17.8. The van der Waals surface area contributed by atoms with E-state index in [2.05, 4.69) is 63.5 Å². The van der Waals surface area contributed by atoms with Gasteiger partial charge in [-0.15, -0.1) is 11.3 Å². The van der Waals surface area contributed by atoms with Crippen LogP contribution in [0.5, 0.6) is 0 Å². The largest absolute Gasteiger partial charge is 0.490 e. The van der Waals surface area contributed by atoms with Gasteiger partial charge in [-0.3, -0.25) is 4.90 Å². The van der Waals surface area contributed by atoms with Crippen molar-refractivity contribution in [2.75, 3.05) is 13.1 Å². The quantitative estimate of drug-likeness (QED) is 0.638. The first-order valence-corrected chi connectivity index (χ1v) is 10.8. The number of aliphatic carboxylic acids is 1. The van der Waals surface area contributed by atoms with E-state index in [1.165, 1.54) is 35.0 Å². The number of rotatable bonds is 3. The Morgan fingerprint density at radius 2 is 1.81 bits per heavy atom. The van der Waals surface area contributed by atoms with Crippen molar-refractivity contribution >= 4 is 17.3 Å². The van der Waals surface area contributed by atoms with Gasteiger partial charge in [0.15, 0.2) is 0 Å². The fourth-order valence-corrected chi connectivity index (χ4v) is 5.06. The van der Waals surface area contributed by atoms with Gasteiger partial charge in [0.2, 0.25) is 0 Å². The predicted octanol–water partition coefficient (Wildman–Crippen LogP) is 4.55. The summed E-state index contributed by atoms with van der Waals surface area (Å²) in [6.45, 7) is 4.66. The van der Waals surface area contributed by atoms with Crippen molar-refractivity contribution in [3.05, 3.63) is 64.7 Å². The lowest BCUT2D eigenvalue weighted by molar-refractivity contribution is -0.192. The van der Waals surface area contributed by atoms with Crippen molar-refractivity contribution in [1.29, 1.82) is 0 Å². The molecule has 4 heterocycles. The van der Waals surface area contributed by atoms with Crippen LogP contribution in [0.25, 0.3) is 11.3 Å². The molecule has 1 fully saturated rings. The van der Waals surface area contributed by atoms with Gasteiger partial charge in [0.1, 0.15) is 5.82 Å². The number of carbonyl (C=O) groups is 1. The Hall–Kier alpha value is -2.65. The molecule has 0 radical (unpaired) electrons. The highest BCUT2D eigenvalue weighted by Gasteiger charge is 2.39. The van der Waals surface area contributed by atoms with Crippen molar-refractivity contribution in [3.63, 3.8) is 0 Å². The zero-order valence-corrected chi connectivity index (χ0v) is 17.4. The number of hydrogen-bond donors (Lipinski definition) is 1. The van der Waals surface area contributed by atoms with Crippen molar-refractivity contribution < 1.29 is 23.1 Å². The third kappa shape index (κ3) is 4.99. The van der Waals surface area contributed by atoms with Crippen LogP contribution in [-0.4, -0.2) is 44.8 Å². The number of hydrogen-bond acceptors (Lipinski definition) is 4. The lowest BCUT2D eigenvalue weighted by Crippen LogP contribution is -2.28. The van der Waals surface area contributed by atoms with Crippen LogP contribution < -0.4 is 0 Å². The number of likely N-dealkylation sites (tertiary alicyclic amines) is 1. The van der Waals surface area contributed by atoms with Gasteiger partial charge in [0, 0.05) is 37.5 Å². The van der Waals surface area contributed by atoms with Gasteiger partial charge in [0.05, 0.1) is 11.9 Å². The maximum absolute atomic E-state index is 10.6. The Bertz CT molecular complexity index is 1020. The maximum atomic E-state index is 10.6. The second-order valence-corrected chi connectivity index (χ2v) is 8.87. The monoisotopic (exact) mass is 449 g/mol. The van der Waals surface area contributed by atoms with Crippen LogP contribution in [0.15, 0.2) is 54.0 Å². The average Bonchev–Trinajstić information content (AvgIpc) is 3.46. The number of carboxylic acid groups (broad SMARTS) is 1. The van der Waals surface area contributed by atoms with E-state index in [4.69, 9.17) is 14.9 Å². The molecule has 1 N–H and O–H groups in total. The molecule has 2 atom stereocenters. The number of thiophene rings is 1. The molecular weight excluding hydrogens is 427 g/mol. The summed E-state index contributed by atoms with van der Waals surface area (Å²) >= 11 is 1.87.